The van der Waals surface area contributed by atoms with Crippen LogP contribution in [0, 0.1) is 0 Å². The quantitative estimate of drug-likeness (QED) is 0.744. The van der Waals surface area contributed by atoms with E-state index in [0.717, 1.165) is 22.3 Å². The number of carbonyl (C=O) groups excluding carboxylic acids is 2. The van der Waals surface area contributed by atoms with Crippen LogP contribution in [0.15, 0.2) is 58.7 Å². The highest BCUT2D eigenvalue weighted by atomic mass is 35.5. The van der Waals surface area contributed by atoms with E-state index in [4.69, 9.17) is 21.1 Å². The van der Waals surface area contributed by atoms with Gasteiger partial charge in [0.15, 0.2) is 5.78 Å². The Bertz CT molecular complexity index is 1110. The maximum Gasteiger partial charge on any atom is 0.201 e. The largest absolute Gasteiger partial charge is 0.496 e. The van der Waals surface area contributed by atoms with Crippen LogP contribution in [-0.2, 0) is 9.59 Å². The van der Waals surface area contributed by atoms with Crippen LogP contribution in [0.5, 0.6) is 11.5 Å². The molecule has 4 aliphatic carbocycles. The van der Waals surface area contributed by atoms with Gasteiger partial charge in [0, 0.05) is 40.2 Å². The van der Waals surface area contributed by atoms with Crippen LogP contribution < -0.4 is 9.47 Å². The van der Waals surface area contributed by atoms with E-state index in [1.165, 1.54) is 6.08 Å². The second-order valence-electron chi connectivity index (χ2n) is 6.81. The molecule has 2 atom stereocenters. The Kier molecular flexibility index (Phi) is 3.37. The van der Waals surface area contributed by atoms with Gasteiger partial charge in [-0.05, 0) is 23.3 Å². The van der Waals surface area contributed by atoms with Crippen LogP contribution in [0.3, 0.4) is 0 Å². The number of hydrogen-bond donors (Lipinski definition) is 0. The molecule has 0 heterocycles. The molecule has 0 amide bonds. The zero-order valence-corrected chi connectivity index (χ0v) is 15.5. The van der Waals surface area contributed by atoms with E-state index in [-0.39, 0.29) is 22.5 Å². The Balaban J connectivity index is 1.92. The summed E-state index contributed by atoms with van der Waals surface area (Å²) >= 11 is 6.11. The van der Waals surface area contributed by atoms with Gasteiger partial charge >= 0.3 is 0 Å². The van der Waals surface area contributed by atoms with E-state index in [1.54, 1.807) is 14.2 Å². The monoisotopic (exact) mass is 378 g/mol. The van der Waals surface area contributed by atoms with Crippen LogP contribution in [0.25, 0.3) is 0 Å². The van der Waals surface area contributed by atoms with Crippen molar-refractivity contribution in [3.63, 3.8) is 0 Å². The van der Waals surface area contributed by atoms with E-state index in [0.29, 0.717) is 22.6 Å². The summed E-state index contributed by atoms with van der Waals surface area (Å²) in [5.74, 6) is 0.0790. The molecule has 2 aromatic rings. The predicted molar refractivity (Wildman–Crippen MR) is 101 cm³/mol. The molecule has 0 aromatic heterocycles. The van der Waals surface area contributed by atoms with E-state index in [2.05, 4.69) is 0 Å². The van der Waals surface area contributed by atoms with Gasteiger partial charge in [0.05, 0.1) is 19.3 Å². The first kappa shape index (κ1) is 16.3. The fraction of sp³-hybridized carbons (Fsp3) is 0.182. The summed E-state index contributed by atoms with van der Waals surface area (Å²) in [5.41, 5.74) is 4.78. The fourth-order valence-electron chi connectivity index (χ4n) is 4.72. The summed E-state index contributed by atoms with van der Waals surface area (Å²) in [5, 5.41) is -0.0350. The van der Waals surface area contributed by atoms with Crippen molar-refractivity contribution in [1.82, 2.24) is 0 Å². The molecule has 0 saturated carbocycles. The van der Waals surface area contributed by atoms with E-state index < -0.39 is 5.92 Å². The lowest BCUT2D eigenvalue weighted by Crippen LogP contribution is -2.36. The van der Waals surface area contributed by atoms with E-state index >= 15 is 0 Å². The second-order valence-corrected chi connectivity index (χ2v) is 7.21. The minimum Gasteiger partial charge on any atom is -0.496 e. The molecule has 0 radical (unpaired) electrons. The second kappa shape index (κ2) is 5.57. The average molecular weight is 379 g/mol. The number of rotatable bonds is 2. The Morgan fingerprint density at radius 1 is 0.815 bits per heavy atom. The van der Waals surface area contributed by atoms with Crippen molar-refractivity contribution in [3.8, 4) is 11.5 Å². The molecule has 0 N–H and O–H groups in total. The van der Waals surface area contributed by atoms with Crippen molar-refractivity contribution in [3.05, 3.63) is 80.9 Å². The average Bonchev–Trinajstić information content (AvgIpc) is 2.70. The highest BCUT2D eigenvalue weighted by Crippen LogP contribution is 2.61. The lowest BCUT2D eigenvalue weighted by atomic mass is 9.58. The number of hydrogen-bond acceptors (Lipinski definition) is 4. The van der Waals surface area contributed by atoms with Crippen LogP contribution in [0.1, 0.15) is 34.1 Å². The number of methoxy groups -OCH3 is 2. The molecule has 4 nitrogen and oxygen atoms in total. The maximum atomic E-state index is 13.0. The molecule has 0 aliphatic heterocycles. The first-order chi connectivity index (χ1) is 13.1. The number of ketones is 2. The summed E-state index contributed by atoms with van der Waals surface area (Å²) in [7, 11) is 3.21. The van der Waals surface area contributed by atoms with Crippen LogP contribution in [0.4, 0.5) is 0 Å². The summed E-state index contributed by atoms with van der Waals surface area (Å²) in [4.78, 5) is 25.9. The third kappa shape index (κ3) is 1.94. The molecule has 2 bridgehead atoms. The zero-order valence-electron chi connectivity index (χ0n) is 14.7. The molecule has 27 heavy (non-hydrogen) atoms. The number of Topliss-reactive ketones (excluding diaryl/α,β-unsaturated/α-hetero) is 1. The van der Waals surface area contributed by atoms with Crippen molar-refractivity contribution in [2.45, 2.75) is 11.8 Å². The number of benzene rings is 2. The minimum absolute atomic E-state index is 0.0350. The SMILES string of the molecule is COc1ccc(OC)c2c1C1C3=C(C(=O)C(Cl)=CC3=O)C2c2ccccc21. The highest BCUT2D eigenvalue weighted by Gasteiger charge is 2.51. The molecule has 6 rings (SSSR count). The molecule has 2 unspecified atom stereocenters. The molecule has 2 aromatic carbocycles. The Morgan fingerprint density at radius 3 is 1.85 bits per heavy atom. The predicted octanol–water partition coefficient (Wildman–Crippen LogP) is 3.87. The molecular formula is C22H15ClO4. The third-order valence-corrected chi connectivity index (χ3v) is 5.98. The van der Waals surface area contributed by atoms with Gasteiger partial charge in [-0.2, -0.15) is 0 Å². The van der Waals surface area contributed by atoms with Gasteiger partial charge in [-0.3, -0.25) is 9.59 Å². The van der Waals surface area contributed by atoms with E-state index in [9.17, 15) is 9.59 Å². The van der Waals surface area contributed by atoms with Crippen molar-refractivity contribution >= 4 is 23.2 Å². The van der Waals surface area contributed by atoms with Gasteiger partial charge in [0.2, 0.25) is 5.78 Å². The standard InChI is InChI=1S/C22H15ClO4/c1-26-14-7-8-15(27-2)20-17-11-6-4-3-5-10(11)16(19(14)20)18-13(24)9-12(23)22(25)21(17)18/h3-9,16-17H,1-2H3. The third-order valence-electron chi connectivity index (χ3n) is 5.69. The first-order valence-electron chi connectivity index (χ1n) is 8.62. The zero-order chi connectivity index (χ0) is 18.9. The van der Waals surface area contributed by atoms with Crippen molar-refractivity contribution in [1.29, 1.82) is 0 Å². The van der Waals surface area contributed by atoms with Gasteiger partial charge in [0.25, 0.3) is 0 Å². The normalized spacial score (nSPS) is 22.1. The first-order valence-corrected chi connectivity index (χ1v) is 9.00. The van der Waals surface area contributed by atoms with Gasteiger partial charge in [-0.25, -0.2) is 0 Å². The molecule has 0 saturated heterocycles. The molecule has 134 valence electrons. The smallest absolute Gasteiger partial charge is 0.201 e. The molecular weight excluding hydrogens is 364 g/mol. The minimum atomic E-state index is -0.403. The topological polar surface area (TPSA) is 52.6 Å². The van der Waals surface area contributed by atoms with Gasteiger partial charge in [0.1, 0.15) is 11.5 Å². The number of ether oxygens (including phenoxy) is 2. The van der Waals surface area contributed by atoms with Crippen LogP contribution >= 0.6 is 11.6 Å². The summed E-state index contributed by atoms with van der Waals surface area (Å²) < 4.78 is 11.3. The highest BCUT2D eigenvalue weighted by molar-refractivity contribution is 6.49. The summed E-state index contributed by atoms with van der Waals surface area (Å²) in [6.45, 7) is 0. The molecule has 0 fully saturated rings. The Morgan fingerprint density at radius 2 is 1.33 bits per heavy atom. The maximum absolute atomic E-state index is 13.0. The number of allylic oxidation sites excluding steroid dienone is 4. The fourth-order valence-corrected chi connectivity index (χ4v) is 4.92. The van der Waals surface area contributed by atoms with Crippen molar-refractivity contribution in [2.75, 3.05) is 14.2 Å². The van der Waals surface area contributed by atoms with Gasteiger partial charge in [-0.15, -0.1) is 0 Å². The van der Waals surface area contributed by atoms with Crippen molar-refractivity contribution < 1.29 is 19.1 Å². The van der Waals surface area contributed by atoms with Crippen LogP contribution in [0.2, 0.25) is 0 Å². The molecule has 4 aliphatic rings. The Labute approximate surface area is 161 Å². The lowest BCUT2D eigenvalue weighted by molar-refractivity contribution is -0.116. The lowest BCUT2D eigenvalue weighted by Gasteiger charge is -2.44. The number of carbonyl (C=O) groups is 2. The van der Waals surface area contributed by atoms with Gasteiger partial charge in [-0.1, -0.05) is 35.9 Å². The molecule has 5 heteroatoms. The summed E-state index contributed by atoms with van der Waals surface area (Å²) in [6.07, 6.45) is 1.23. The van der Waals surface area contributed by atoms with Crippen LogP contribution in [-0.4, -0.2) is 25.8 Å². The van der Waals surface area contributed by atoms with Gasteiger partial charge < -0.3 is 9.47 Å². The molecule has 0 spiro atoms. The number of halogens is 1. The Hall–Kier alpha value is -2.85. The summed E-state index contributed by atoms with van der Waals surface area (Å²) in [6, 6.07) is 11.6. The van der Waals surface area contributed by atoms with E-state index in [1.807, 2.05) is 36.4 Å². The van der Waals surface area contributed by atoms with Crippen molar-refractivity contribution in [2.24, 2.45) is 0 Å².